The Morgan fingerprint density at radius 3 is 2.89 bits per heavy atom. The molecule has 0 spiro atoms. The maximum atomic E-state index is 13.4. The van der Waals surface area contributed by atoms with Crippen LogP contribution in [0, 0.1) is 5.82 Å². The van der Waals surface area contributed by atoms with E-state index in [-0.39, 0.29) is 11.4 Å². The maximum absolute atomic E-state index is 13.4. The van der Waals surface area contributed by atoms with Crippen molar-refractivity contribution in [2.24, 2.45) is 5.73 Å². The molecule has 0 aromatic heterocycles. The molecule has 3 nitrogen and oxygen atoms in total. The van der Waals surface area contributed by atoms with Crippen molar-refractivity contribution in [2.75, 3.05) is 31.7 Å². The molecular formula is C14H21FN2O. The first-order chi connectivity index (χ1) is 8.66. The van der Waals surface area contributed by atoms with Gasteiger partial charge >= 0.3 is 0 Å². The van der Waals surface area contributed by atoms with E-state index in [2.05, 4.69) is 11.8 Å². The van der Waals surface area contributed by atoms with Gasteiger partial charge in [-0.1, -0.05) is 13.0 Å². The van der Waals surface area contributed by atoms with Gasteiger partial charge < -0.3 is 15.4 Å². The number of nitrogens with zero attached hydrogens (tertiary/aromatic N) is 1. The van der Waals surface area contributed by atoms with Crippen molar-refractivity contribution in [1.82, 2.24) is 0 Å². The van der Waals surface area contributed by atoms with Crippen molar-refractivity contribution in [1.29, 1.82) is 0 Å². The van der Waals surface area contributed by atoms with Gasteiger partial charge in [0.1, 0.15) is 5.82 Å². The molecule has 1 unspecified atom stereocenters. The third kappa shape index (κ3) is 2.10. The number of anilines is 1. The number of fused-ring (bicyclic) bond motifs is 1. The summed E-state index contributed by atoms with van der Waals surface area (Å²) in [7, 11) is 1.68. The van der Waals surface area contributed by atoms with Crippen LogP contribution in [0.15, 0.2) is 18.2 Å². The van der Waals surface area contributed by atoms with E-state index in [1.54, 1.807) is 13.2 Å². The van der Waals surface area contributed by atoms with Crippen molar-refractivity contribution in [2.45, 2.75) is 25.3 Å². The smallest absolute Gasteiger partial charge is 0.125 e. The van der Waals surface area contributed by atoms with E-state index < -0.39 is 0 Å². The minimum absolute atomic E-state index is 0.194. The van der Waals surface area contributed by atoms with E-state index in [9.17, 15) is 4.39 Å². The highest BCUT2D eigenvalue weighted by Crippen LogP contribution is 2.35. The quantitative estimate of drug-likeness (QED) is 0.870. The Morgan fingerprint density at radius 2 is 2.28 bits per heavy atom. The van der Waals surface area contributed by atoms with Gasteiger partial charge in [-0.25, -0.2) is 4.39 Å². The van der Waals surface area contributed by atoms with Gasteiger partial charge in [0.05, 0.1) is 12.1 Å². The standard InChI is InChI=1S/C14H21FN2O/c1-3-14(9-16,10-18-2)17-7-6-11-4-5-12(15)8-13(11)17/h4-5,8H,3,6-7,9-10,16H2,1-2H3. The molecule has 0 amide bonds. The summed E-state index contributed by atoms with van der Waals surface area (Å²) in [6.45, 7) is 4.06. The average molecular weight is 252 g/mol. The number of ether oxygens (including phenoxy) is 1. The topological polar surface area (TPSA) is 38.5 Å². The minimum Gasteiger partial charge on any atom is -0.382 e. The van der Waals surface area contributed by atoms with Gasteiger partial charge in [-0.15, -0.1) is 0 Å². The van der Waals surface area contributed by atoms with Crippen molar-refractivity contribution in [3.8, 4) is 0 Å². The maximum Gasteiger partial charge on any atom is 0.125 e. The number of methoxy groups -OCH3 is 1. The van der Waals surface area contributed by atoms with Crippen molar-refractivity contribution in [3.63, 3.8) is 0 Å². The molecule has 1 aromatic rings. The summed E-state index contributed by atoms with van der Waals surface area (Å²) in [5, 5.41) is 0. The first-order valence-electron chi connectivity index (χ1n) is 6.42. The highest BCUT2D eigenvalue weighted by molar-refractivity contribution is 5.60. The third-order valence-electron chi connectivity index (χ3n) is 3.97. The monoisotopic (exact) mass is 252 g/mol. The van der Waals surface area contributed by atoms with Gasteiger partial charge in [0.2, 0.25) is 0 Å². The van der Waals surface area contributed by atoms with E-state index in [0.29, 0.717) is 13.2 Å². The molecule has 1 aliphatic heterocycles. The molecule has 0 radical (unpaired) electrons. The lowest BCUT2D eigenvalue weighted by Gasteiger charge is -2.42. The second-order valence-electron chi connectivity index (χ2n) is 4.89. The highest BCUT2D eigenvalue weighted by atomic mass is 19.1. The fraction of sp³-hybridized carbons (Fsp3) is 0.571. The molecule has 2 rings (SSSR count). The Kier molecular flexibility index (Phi) is 3.88. The van der Waals surface area contributed by atoms with Crippen LogP contribution in [-0.2, 0) is 11.2 Å². The molecule has 0 fully saturated rings. The van der Waals surface area contributed by atoms with Gasteiger partial charge in [0.25, 0.3) is 0 Å². The molecule has 4 heteroatoms. The van der Waals surface area contributed by atoms with E-state index in [1.807, 2.05) is 6.07 Å². The van der Waals surface area contributed by atoms with Crippen molar-refractivity contribution >= 4 is 5.69 Å². The zero-order chi connectivity index (χ0) is 13.2. The fourth-order valence-corrected chi connectivity index (χ4v) is 2.80. The Morgan fingerprint density at radius 1 is 1.50 bits per heavy atom. The lowest BCUT2D eigenvalue weighted by Crippen LogP contribution is -2.56. The Labute approximate surface area is 108 Å². The van der Waals surface area contributed by atoms with Crippen molar-refractivity contribution in [3.05, 3.63) is 29.6 Å². The molecule has 0 saturated heterocycles. The summed E-state index contributed by atoms with van der Waals surface area (Å²) in [4.78, 5) is 2.22. The number of hydrogen-bond acceptors (Lipinski definition) is 3. The number of nitrogens with two attached hydrogens (primary N) is 1. The Bertz CT molecular complexity index is 418. The van der Waals surface area contributed by atoms with Crippen LogP contribution < -0.4 is 10.6 Å². The summed E-state index contributed by atoms with van der Waals surface area (Å²) in [6, 6.07) is 5.00. The van der Waals surface area contributed by atoms with Gasteiger partial charge in [0, 0.05) is 25.9 Å². The molecular weight excluding hydrogens is 231 g/mol. The lowest BCUT2D eigenvalue weighted by molar-refractivity contribution is 0.128. The van der Waals surface area contributed by atoms with Crippen LogP contribution in [0.5, 0.6) is 0 Å². The number of benzene rings is 1. The predicted molar refractivity (Wildman–Crippen MR) is 71.4 cm³/mol. The van der Waals surface area contributed by atoms with E-state index >= 15 is 0 Å². The van der Waals surface area contributed by atoms with Gasteiger partial charge in [-0.2, -0.15) is 0 Å². The second-order valence-corrected chi connectivity index (χ2v) is 4.89. The number of rotatable bonds is 5. The molecule has 1 aromatic carbocycles. The molecule has 100 valence electrons. The summed E-state index contributed by atoms with van der Waals surface area (Å²) in [5.41, 5.74) is 7.90. The number of hydrogen-bond donors (Lipinski definition) is 1. The van der Waals surface area contributed by atoms with Crippen LogP contribution in [-0.4, -0.2) is 32.3 Å². The highest BCUT2D eigenvalue weighted by Gasteiger charge is 2.37. The lowest BCUT2D eigenvalue weighted by atomic mass is 9.94. The molecule has 1 heterocycles. The average Bonchev–Trinajstić information content (AvgIpc) is 2.79. The summed E-state index contributed by atoms with van der Waals surface area (Å²) in [6.07, 6.45) is 1.83. The van der Waals surface area contributed by atoms with Crippen LogP contribution in [0.1, 0.15) is 18.9 Å². The van der Waals surface area contributed by atoms with E-state index in [0.717, 1.165) is 25.1 Å². The van der Waals surface area contributed by atoms with Crippen LogP contribution in [0.3, 0.4) is 0 Å². The first-order valence-corrected chi connectivity index (χ1v) is 6.42. The molecule has 2 N–H and O–H groups in total. The van der Waals surface area contributed by atoms with Gasteiger partial charge in [0.15, 0.2) is 0 Å². The molecule has 0 aliphatic carbocycles. The van der Waals surface area contributed by atoms with Crippen LogP contribution >= 0.6 is 0 Å². The van der Waals surface area contributed by atoms with E-state index in [1.165, 1.54) is 11.6 Å². The normalized spacial score (nSPS) is 17.7. The SMILES string of the molecule is CCC(CN)(COC)N1CCc2ccc(F)cc21. The molecule has 0 bridgehead atoms. The summed E-state index contributed by atoms with van der Waals surface area (Å²) in [5.74, 6) is -0.194. The van der Waals surface area contributed by atoms with Crippen LogP contribution in [0.4, 0.5) is 10.1 Å². The molecule has 1 aliphatic rings. The number of halogens is 1. The minimum atomic E-state index is -0.228. The molecule has 18 heavy (non-hydrogen) atoms. The first kappa shape index (κ1) is 13.3. The van der Waals surface area contributed by atoms with Gasteiger partial charge in [-0.3, -0.25) is 0 Å². The zero-order valence-corrected chi connectivity index (χ0v) is 11.1. The van der Waals surface area contributed by atoms with Crippen LogP contribution in [0.2, 0.25) is 0 Å². The molecule has 1 atom stereocenters. The predicted octanol–water partition coefficient (Wildman–Crippen LogP) is 1.94. The van der Waals surface area contributed by atoms with Crippen molar-refractivity contribution < 1.29 is 9.13 Å². The second kappa shape index (κ2) is 5.24. The largest absolute Gasteiger partial charge is 0.382 e. The third-order valence-corrected chi connectivity index (χ3v) is 3.97. The fourth-order valence-electron chi connectivity index (χ4n) is 2.80. The van der Waals surface area contributed by atoms with Gasteiger partial charge in [-0.05, 0) is 30.5 Å². The Hall–Kier alpha value is -1.13. The summed E-state index contributed by atoms with van der Waals surface area (Å²) >= 11 is 0. The molecule has 0 saturated carbocycles. The zero-order valence-electron chi connectivity index (χ0n) is 11.1. The van der Waals surface area contributed by atoms with Crippen LogP contribution in [0.25, 0.3) is 0 Å². The summed E-state index contributed by atoms with van der Waals surface area (Å²) < 4.78 is 18.8. The Balaban J connectivity index is 2.38. The van der Waals surface area contributed by atoms with E-state index in [4.69, 9.17) is 10.5 Å².